The van der Waals surface area contributed by atoms with Gasteiger partial charge in [0.25, 0.3) is 0 Å². The zero-order chi connectivity index (χ0) is 13.9. The van der Waals surface area contributed by atoms with Crippen LogP contribution in [0.3, 0.4) is 0 Å². The standard InChI is InChI=1S/C14H21N3OS/c1-14(2)10-17(6-7-19-14)9-13(18)16-12-5-3-4-11(15)8-12/h3-5,8H,6-7,9-10,15H2,1-2H3,(H,16,18). The fraction of sp³-hybridized carbons (Fsp3) is 0.500. The Kier molecular flexibility index (Phi) is 4.37. The predicted molar refractivity (Wildman–Crippen MR) is 82.5 cm³/mol. The first-order valence-corrected chi connectivity index (χ1v) is 7.45. The highest BCUT2D eigenvalue weighted by Gasteiger charge is 2.27. The number of amides is 1. The van der Waals surface area contributed by atoms with Crippen LogP contribution in [0.5, 0.6) is 0 Å². The lowest BCUT2D eigenvalue weighted by molar-refractivity contribution is -0.117. The van der Waals surface area contributed by atoms with E-state index in [1.165, 1.54) is 0 Å². The van der Waals surface area contributed by atoms with Crippen LogP contribution >= 0.6 is 11.8 Å². The number of rotatable bonds is 3. The lowest BCUT2D eigenvalue weighted by Gasteiger charge is -2.37. The molecule has 0 unspecified atom stereocenters. The Morgan fingerprint density at radius 3 is 3.00 bits per heavy atom. The highest BCUT2D eigenvalue weighted by molar-refractivity contribution is 8.00. The van der Waals surface area contributed by atoms with E-state index in [1.807, 2.05) is 23.9 Å². The Labute approximate surface area is 118 Å². The summed E-state index contributed by atoms with van der Waals surface area (Å²) in [5.74, 6) is 1.10. The topological polar surface area (TPSA) is 58.4 Å². The summed E-state index contributed by atoms with van der Waals surface area (Å²) in [5, 5.41) is 2.89. The minimum Gasteiger partial charge on any atom is -0.399 e. The number of nitrogens with one attached hydrogen (secondary N) is 1. The van der Waals surface area contributed by atoms with Crippen molar-refractivity contribution in [2.75, 3.05) is 36.4 Å². The van der Waals surface area contributed by atoms with E-state index in [1.54, 1.807) is 12.1 Å². The zero-order valence-corrected chi connectivity index (χ0v) is 12.3. The Balaban J connectivity index is 1.87. The first kappa shape index (κ1) is 14.2. The lowest BCUT2D eigenvalue weighted by atomic mass is 10.2. The fourth-order valence-electron chi connectivity index (χ4n) is 2.27. The van der Waals surface area contributed by atoms with Crippen LogP contribution in [0.2, 0.25) is 0 Å². The number of nitrogens with two attached hydrogens (primary N) is 1. The van der Waals surface area contributed by atoms with E-state index in [0.29, 0.717) is 12.2 Å². The molecule has 4 nitrogen and oxygen atoms in total. The van der Waals surface area contributed by atoms with E-state index in [0.717, 1.165) is 24.5 Å². The normalized spacial score (nSPS) is 19.1. The SMILES string of the molecule is CC1(C)CN(CC(=O)Nc2cccc(N)c2)CCS1. The molecule has 0 radical (unpaired) electrons. The quantitative estimate of drug-likeness (QED) is 0.831. The molecule has 104 valence electrons. The Morgan fingerprint density at radius 2 is 2.32 bits per heavy atom. The van der Waals surface area contributed by atoms with Gasteiger partial charge in [-0.1, -0.05) is 6.07 Å². The van der Waals surface area contributed by atoms with Gasteiger partial charge in [0.1, 0.15) is 0 Å². The molecule has 0 aliphatic carbocycles. The lowest BCUT2D eigenvalue weighted by Crippen LogP contribution is -2.46. The summed E-state index contributed by atoms with van der Waals surface area (Å²) in [5.41, 5.74) is 7.11. The smallest absolute Gasteiger partial charge is 0.238 e. The minimum absolute atomic E-state index is 0.0216. The molecule has 1 aromatic rings. The van der Waals surface area contributed by atoms with Crippen LogP contribution in [0.4, 0.5) is 11.4 Å². The number of thioether (sulfide) groups is 1. The van der Waals surface area contributed by atoms with E-state index in [4.69, 9.17) is 5.73 Å². The summed E-state index contributed by atoms with van der Waals surface area (Å²) in [4.78, 5) is 14.2. The maximum absolute atomic E-state index is 12.0. The second-order valence-electron chi connectivity index (χ2n) is 5.49. The van der Waals surface area contributed by atoms with Gasteiger partial charge in [-0.05, 0) is 32.0 Å². The molecule has 1 aromatic carbocycles. The molecule has 0 spiro atoms. The summed E-state index contributed by atoms with van der Waals surface area (Å²) in [6.45, 7) is 6.80. The largest absolute Gasteiger partial charge is 0.399 e. The summed E-state index contributed by atoms with van der Waals surface area (Å²) in [7, 11) is 0. The monoisotopic (exact) mass is 279 g/mol. The Hall–Kier alpha value is -1.20. The molecule has 3 N–H and O–H groups in total. The van der Waals surface area contributed by atoms with Crippen molar-refractivity contribution in [1.82, 2.24) is 4.90 Å². The third kappa shape index (κ3) is 4.44. The maximum atomic E-state index is 12.0. The molecule has 0 bridgehead atoms. The van der Waals surface area contributed by atoms with Crippen molar-refractivity contribution in [3.8, 4) is 0 Å². The molecule has 1 saturated heterocycles. The van der Waals surface area contributed by atoms with Gasteiger partial charge in [-0.2, -0.15) is 11.8 Å². The number of anilines is 2. The first-order chi connectivity index (χ1) is 8.94. The number of nitrogen functional groups attached to an aromatic ring is 1. The van der Waals surface area contributed by atoms with E-state index in [-0.39, 0.29) is 10.7 Å². The summed E-state index contributed by atoms with van der Waals surface area (Å²) in [6.07, 6.45) is 0. The van der Waals surface area contributed by atoms with Gasteiger partial charge < -0.3 is 11.1 Å². The summed E-state index contributed by atoms with van der Waals surface area (Å²) < 4.78 is 0.232. The second-order valence-corrected chi connectivity index (χ2v) is 7.29. The van der Waals surface area contributed by atoms with Crippen LogP contribution in [0, 0.1) is 0 Å². The predicted octanol–water partition coefficient (Wildman–Crippen LogP) is 2.03. The number of carbonyl (C=O) groups is 1. The first-order valence-electron chi connectivity index (χ1n) is 6.46. The van der Waals surface area contributed by atoms with Crippen LogP contribution in [-0.2, 0) is 4.79 Å². The Bertz CT molecular complexity index is 462. The van der Waals surface area contributed by atoms with Gasteiger partial charge >= 0.3 is 0 Å². The molecule has 0 atom stereocenters. The van der Waals surface area contributed by atoms with Crippen LogP contribution in [-0.4, -0.2) is 40.9 Å². The number of benzene rings is 1. The zero-order valence-electron chi connectivity index (χ0n) is 11.5. The van der Waals surface area contributed by atoms with Gasteiger partial charge in [0.15, 0.2) is 0 Å². The van der Waals surface area contributed by atoms with Crippen molar-refractivity contribution in [1.29, 1.82) is 0 Å². The van der Waals surface area contributed by atoms with Gasteiger partial charge in [0.05, 0.1) is 6.54 Å². The van der Waals surface area contributed by atoms with E-state index < -0.39 is 0 Å². The fourth-order valence-corrected chi connectivity index (χ4v) is 3.45. The van der Waals surface area contributed by atoms with Crippen LogP contribution in [0.15, 0.2) is 24.3 Å². The van der Waals surface area contributed by atoms with Crippen molar-refractivity contribution in [2.24, 2.45) is 0 Å². The molecule has 19 heavy (non-hydrogen) atoms. The van der Waals surface area contributed by atoms with E-state index in [9.17, 15) is 4.79 Å². The highest BCUT2D eigenvalue weighted by Crippen LogP contribution is 2.29. The summed E-state index contributed by atoms with van der Waals surface area (Å²) >= 11 is 1.97. The molecule has 1 aliphatic rings. The molecule has 0 saturated carbocycles. The average Bonchev–Trinajstić information content (AvgIpc) is 2.27. The van der Waals surface area contributed by atoms with Crippen LogP contribution in [0.25, 0.3) is 0 Å². The minimum atomic E-state index is 0.0216. The van der Waals surface area contributed by atoms with Crippen LogP contribution < -0.4 is 11.1 Å². The maximum Gasteiger partial charge on any atom is 0.238 e. The highest BCUT2D eigenvalue weighted by atomic mass is 32.2. The molecule has 5 heteroatoms. The van der Waals surface area contributed by atoms with Crippen molar-refractivity contribution < 1.29 is 4.79 Å². The van der Waals surface area contributed by atoms with Crippen molar-refractivity contribution in [2.45, 2.75) is 18.6 Å². The molecule has 1 heterocycles. The van der Waals surface area contributed by atoms with Gasteiger partial charge in [0.2, 0.25) is 5.91 Å². The second kappa shape index (κ2) is 5.84. The number of carbonyl (C=O) groups excluding carboxylic acids is 1. The van der Waals surface area contributed by atoms with E-state index in [2.05, 4.69) is 24.1 Å². The van der Waals surface area contributed by atoms with E-state index >= 15 is 0 Å². The van der Waals surface area contributed by atoms with Gasteiger partial charge in [-0.25, -0.2) is 0 Å². The van der Waals surface area contributed by atoms with Crippen LogP contribution in [0.1, 0.15) is 13.8 Å². The number of hydrogen-bond acceptors (Lipinski definition) is 4. The van der Waals surface area contributed by atoms with Crippen molar-refractivity contribution >= 4 is 29.0 Å². The molecule has 1 aliphatic heterocycles. The average molecular weight is 279 g/mol. The molecule has 2 rings (SSSR count). The van der Waals surface area contributed by atoms with Crippen molar-refractivity contribution in [3.05, 3.63) is 24.3 Å². The Morgan fingerprint density at radius 1 is 1.53 bits per heavy atom. The molecular formula is C14H21N3OS. The number of hydrogen-bond donors (Lipinski definition) is 2. The third-order valence-electron chi connectivity index (χ3n) is 3.04. The van der Waals surface area contributed by atoms with Gasteiger partial charge in [-0.3, -0.25) is 9.69 Å². The number of nitrogens with zero attached hydrogens (tertiary/aromatic N) is 1. The third-order valence-corrected chi connectivity index (χ3v) is 4.34. The summed E-state index contributed by atoms with van der Waals surface area (Å²) in [6, 6.07) is 7.27. The molecular weight excluding hydrogens is 258 g/mol. The van der Waals surface area contributed by atoms with Crippen molar-refractivity contribution in [3.63, 3.8) is 0 Å². The molecule has 1 amide bonds. The molecule has 0 aromatic heterocycles. The van der Waals surface area contributed by atoms with Gasteiger partial charge in [0, 0.05) is 35.0 Å². The molecule has 1 fully saturated rings. The van der Waals surface area contributed by atoms with Gasteiger partial charge in [-0.15, -0.1) is 0 Å².